The first-order chi connectivity index (χ1) is 6.25. The maximum atomic E-state index is 13.1. The van der Waals surface area contributed by atoms with Gasteiger partial charge in [0.1, 0.15) is 5.82 Å². The molecule has 0 aliphatic carbocycles. The van der Waals surface area contributed by atoms with Gasteiger partial charge in [0.2, 0.25) is 0 Å². The number of allylic oxidation sites excluding steroid dienone is 1. The van der Waals surface area contributed by atoms with E-state index in [-0.39, 0.29) is 5.82 Å². The fourth-order valence-corrected chi connectivity index (χ4v) is 1.32. The lowest BCUT2D eigenvalue weighted by Gasteiger charge is -1.98. The average Bonchev–Trinajstić information content (AvgIpc) is 2.10. The predicted molar refractivity (Wildman–Crippen MR) is 58.9 cm³/mol. The number of benzene rings is 1. The van der Waals surface area contributed by atoms with Crippen molar-refractivity contribution >= 4 is 30.3 Å². The van der Waals surface area contributed by atoms with Crippen LogP contribution in [0, 0.1) is 5.82 Å². The molecule has 1 aromatic rings. The van der Waals surface area contributed by atoms with Gasteiger partial charge in [0.15, 0.2) is 0 Å². The highest BCUT2D eigenvalue weighted by Gasteiger charge is 2.01. The van der Waals surface area contributed by atoms with E-state index in [1.165, 1.54) is 6.07 Å². The summed E-state index contributed by atoms with van der Waals surface area (Å²) in [5, 5.41) is 0.440. The second-order valence-electron chi connectivity index (χ2n) is 2.55. The lowest BCUT2D eigenvalue weighted by molar-refractivity contribution is 0.625. The molecule has 0 bridgehead atoms. The smallest absolute Gasteiger partial charge is 0.131 e. The molecular weight excluding hydrogens is 207 g/mol. The number of hydrogen-bond acceptors (Lipinski definition) is 1. The molecule has 0 radical (unpaired) electrons. The Morgan fingerprint density at radius 2 is 2.23 bits per heavy atom. The zero-order valence-corrected chi connectivity index (χ0v) is 8.65. The van der Waals surface area contributed by atoms with Gasteiger partial charge < -0.3 is 0 Å². The van der Waals surface area contributed by atoms with E-state index < -0.39 is 0 Å². The molecule has 70 valence electrons. The van der Waals surface area contributed by atoms with E-state index in [2.05, 4.69) is 12.6 Å². The third-order valence-corrected chi connectivity index (χ3v) is 2.17. The molecule has 1 aromatic carbocycles. The Labute approximate surface area is 87.8 Å². The molecule has 0 atom stereocenters. The largest absolute Gasteiger partial charge is 0.206 e. The molecule has 1 rings (SSSR count). The van der Waals surface area contributed by atoms with Crippen molar-refractivity contribution in [1.82, 2.24) is 0 Å². The molecule has 0 fully saturated rings. The van der Waals surface area contributed by atoms with Gasteiger partial charge in [-0.25, -0.2) is 4.39 Å². The lowest BCUT2D eigenvalue weighted by Crippen LogP contribution is -1.82. The van der Waals surface area contributed by atoms with Crippen molar-refractivity contribution in [2.24, 2.45) is 0 Å². The summed E-state index contributed by atoms with van der Waals surface area (Å²) in [5.74, 6) is 0.464. The predicted octanol–water partition coefficient (Wildman–Crippen LogP) is 3.81. The molecule has 0 amide bonds. The highest BCUT2D eigenvalue weighted by atomic mass is 35.5. The quantitative estimate of drug-likeness (QED) is 0.730. The molecule has 0 nitrogen and oxygen atoms in total. The van der Waals surface area contributed by atoms with Crippen LogP contribution in [0.4, 0.5) is 4.39 Å². The lowest BCUT2D eigenvalue weighted by atomic mass is 10.2. The Balaban J connectivity index is 2.87. The summed E-state index contributed by atoms with van der Waals surface area (Å²) >= 11 is 9.84. The van der Waals surface area contributed by atoms with E-state index in [9.17, 15) is 4.39 Å². The molecular formula is C10H10ClFS. The Morgan fingerprint density at radius 3 is 2.85 bits per heavy atom. The molecule has 0 saturated carbocycles. The van der Waals surface area contributed by atoms with Crippen LogP contribution in [0.1, 0.15) is 12.0 Å². The van der Waals surface area contributed by atoms with Crippen LogP contribution in [0.5, 0.6) is 0 Å². The highest BCUT2D eigenvalue weighted by molar-refractivity contribution is 7.80. The minimum Gasteiger partial charge on any atom is -0.206 e. The summed E-state index contributed by atoms with van der Waals surface area (Å²) in [6.07, 6.45) is 4.36. The Hall–Kier alpha value is -0.470. The second kappa shape index (κ2) is 5.30. The van der Waals surface area contributed by atoms with E-state index >= 15 is 0 Å². The van der Waals surface area contributed by atoms with Crippen LogP contribution >= 0.6 is 24.2 Å². The zero-order valence-electron chi connectivity index (χ0n) is 7.00. The first kappa shape index (κ1) is 10.6. The van der Waals surface area contributed by atoms with Crippen LogP contribution in [-0.2, 0) is 0 Å². The summed E-state index contributed by atoms with van der Waals surface area (Å²) in [5.41, 5.74) is 0.450. The van der Waals surface area contributed by atoms with Gasteiger partial charge in [0.25, 0.3) is 0 Å². The van der Waals surface area contributed by atoms with E-state index in [1.807, 2.05) is 6.08 Å². The van der Waals surface area contributed by atoms with Crippen molar-refractivity contribution in [3.63, 3.8) is 0 Å². The Kier molecular flexibility index (Phi) is 4.33. The fourth-order valence-electron chi connectivity index (χ4n) is 0.946. The van der Waals surface area contributed by atoms with Gasteiger partial charge in [-0.3, -0.25) is 0 Å². The summed E-state index contributed by atoms with van der Waals surface area (Å²) in [6, 6.07) is 4.66. The normalized spacial score (nSPS) is 11.0. The molecule has 0 unspecified atom stereocenters. The number of hydrogen-bond donors (Lipinski definition) is 1. The average molecular weight is 217 g/mol. The van der Waals surface area contributed by atoms with E-state index in [0.717, 1.165) is 12.2 Å². The van der Waals surface area contributed by atoms with Crippen molar-refractivity contribution in [2.75, 3.05) is 5.75 Å². The van der Waals surface area contributed by atoms with Gasteiger partial charge in [-0.05, 0) is 24.3 Å². The highest BCUT2D eigenvalue weighted by Crippen LogP contribution is 2.20. The van der Waals surface area contributed by atoms with Crippen LogP contribution in [-0.4, -0.2) is 5.75 Å². The Bertz CT molecular complexity index is 290. The topological polar surface area (TPSA) is 0 Å². The summed E-state index contributed by atoms with van der Waals surface area (Å²) in [7, 11) is 0. The molecule has 0 aliphatic heterocycles. The molecule has 0 aliphatic rings. The molecule has 3 heteroatoms. The minimum absolute atomic E-state index is 0.289. The molecule has 0 spiro atoms. The molecule has 0 N–H and O–H groups in total. The van der Waals surface area contributed by atoms with Crippen LogP contribution in [0.15, 0.2) is 24.3 Å². The van der Waals surface area contributed by atoms with Gasteiger partial charge in [0.05, 0.1) is 5.02 Å². The number of rotatable bonds is 3. The van der Waals surface area contributed by atoms with Crippen LogP contribution in [0.2, 0.25) is 5.02 Å². The van der Waals surface area contributed by atoms with Crippen LogP contribution < -0.4 is 0 Å². The Morgan fingerprint density at radius 1 is 1.46 bits per heavy atom. The number of thiol groups is 1. The van der Waals surface area contributed by atoms with Crippen molar-refractivity contribution in [2.45, 2.75) is 6.42 Å². The maximum absolute atomic E-state index is 13.1. The van der Waals surface area contributed by atoms with Crippen LogP contribution in [0.3, 0.4) is 0 Å². The van der Waals surface area contributed by atoms with Crippen molar-refractivity contribution < 1.29 is 4.39 Å². The van der Waals surface area contributed by atoms with Crippen molar-refractivity contribution in [1.29, 1.82) is 0 Å². The van der Waals surface area contributed by atoms with E-state index in [1.54, 1.807) is 18.2 Å². The first-order valence-electron chi connectivity index (χ1n) is 3.97. The molecule has 13 heavy (non-hydrogen) atoms. The molecule has 0 heterocycles. The third kappa shape index (κ3) is 3.05. The monoisotopic (exact) mass is 216 g/mol. The van der Waals surface area contributed by atoms with Gasteiger partial charge in [-0.1, -0.05) is 29.8 Å². The van der Waals surface area contributed by atoms with Gasteiger partial charge in [-0.15, -0.1) is 0 Å². The van der Waals surface area contributed by atoms with Gasteiger partial charge >= 0.3 is 0 Å². The third-order valence-electron chi connectivity index (χ3n) is 1.58. The minimum atomic E-state index is -0.289. The summed E-state index contributed by atoms with van der Waals surface area (Å²) in [6.45, 7) is 0. The maximum Gasteiger partial charge on any atom is 0.131 e. The molecule has 0 saturated heterocycles. The summed E-state index contributed by atoms with van der Waals surface area (Å²) < 4.78 is 13.1. The van der Waals surface area contributed by atoms with Crippen molar-refractivity contribution in [3.05, 3.63) is 40.7 Å². The van der Waals surface area contributed by atoms with Gasteiger partial charge in [0, 0.05) is 5.56 Å². The van der Waals surface area contributed by atoms with E-state index in [0.29, 0.717) is 10.6 Å². The van der Waals surface area contributed by atoms with Crippen molar-refractivity contribution in [3.8, 4) is 0 Å². The van der Waals surface area contributed by atoms with Crippen LogP contribution in [0.25, 0.3) is 6.08 Å². The number of halogens is 2. The first-order valence-corrected chi connectivity index (χ1v) is 4.98. The second-order valence-corrected chi connectivity index (χ2v) is 3.40. The standard InChI is InChI=1S/C10H10ClFS/c11-9-5-3-6-10(12)8(9)4-1-2-7-13/h1,3-6,13H,2,7H2. The molecule has 0 aromatic heterocycles. The van der Waals surface area contributed by atoms with E-state index in [4.69, 9.17) is 11.6 Å². The zero-order chi connectivity index (χ0) is 9.68. The SMILES string of the molecule is Fc1cccc(Cl)c1C=CCCS. The van der Waals surface area contributed by atoms with Gasteiger partial charge in [-0.2, -0.15) is 12.6 Å². The summed E-state index contributed by atoms with van der Waals surface area (Å²) in [4.78, 5) is 0. The fraction of sp³-hybridized carbons (Fsp3) is 0.200.